The minimum Gasteiger partial charge on any atom is -0.454 e. The number of esters is 1. The van der Waals surface area contributed by atoms with Crippen LogP contribution in [0.2, 0.25) is 0 Å². The van der Waals surface area contributed by atoms with Gasteiger partial charge in [-0.05, 0) is 44.9 Å². The molecular formula is C24H28N2O4S. The molecule has 6 nitrogen and oxygen atoms in total. The number of Topliss-reactive ketones (excluding diaryl/α,β-unsaturated/α-hetero) is 1. The van der Waals surface area contributed by atoms with E-state index in [0.717, 1.165) is 37.3 Å². The summed E-state index contributed by atoms with van der Waals surface area (Å²) in [5.74, 6) is -0.454. The van der Waals surface area contributed by atoms with Gasteiger partial charge in [0.2, 0.25) is 11.7 Å². The Kier molecular flexibility index (Phi) is 7.74. The summed E-state index contributed by atoms with van der Waals surface area (Å²) in [4.78, 5) is 40.2. The first kappa shape index (κ1) is 22.9. The van der Waals surface area contributed by atoms with Gasteiger partial charge < -0.3 is 14.2 Å². The largest absolute Gasteiger partial charge is 0.454 e. The molecule has 0 radical (unpaired) electrons. The second kappa shape index (κ2) is 10.5. The first-order valence-electron chi connectivity index (χ1n) is 10.4. The molecule has 2 heterocycles. The number of likely N-dealkylation sites (tertiary alicyclic amines) is 1. The van der Waals surface area contributed by atoms with E-state index in [1.165, 1.54) is 11.8 Å². The van der Waals surface area contributed by atoms with Crippen molar-refractivity contribution in [1.29, 1.82) is 0 Å². The van der Waals surface area contributed by atoms with Crippen molar-refractivity contribution < 1.29 is 19.1 Å². The second-order valence-corrected chi connectivity index (χ2v) is 8.57. The van der Waals surface area contributed by atoms with Gasteiger partial charge in [0.25, 0.3) is 0 Å². The molecular weight excluding hydrogens is 412 g/mol. The number of aromatic nitrogens is 1. The molecule has 0 N–H and O–H groups in total. The van der Waals surface area contributed by atoms with Gasteiger partial charge in [-0.2, -0.15) is 0 Å². The molecule has 0 atom stereocenters. The predicted octanol–water partition coefficient (Wildman–Crippen LogP) is 4.05. The Morgan fingerprint density at radius 2 is 1.84 bits per heavy atom. The maximum atomic E-state index is 12.7. The van der Waals surface area contributed by atoms with Gasteiger partial charge in [0.05, 0.1) is 11.3 Å². The van der Waals surface area contributed by atoms with Crippen molar-refractivity contribution >= 4 is 29.4 Å². The van der Waals surface area contributed by atoms with E-state index in [-0.39, 0.29) is 24.1 Å². The third-order valence-corrected chi connectivity index (χ3v) is 6.50. The van der Waals surface area contributed by atoms with Crippen LogP contribution in [0.5, 0.6) is 0 Å². The van der Waals surface area contributed by atoms with E-state index in [2.05, 4.69) is 6.58 Å². The fourth-order valence-electron chi connectivity index (χ4n) is 3.74. The summed E-state index contributed by atoms with van der Waals surface area (Å²) in [6, 6.07) is 8.82. The van der Waals surface area contributed by atoms with Crippen LogP contribution in [0.15, 0.2) is 47.9 Å². The zero-order valence-electron chi connectivity index (χ0n) is 18.1. The van der Waals surface area contributed by atoms with Gasteiger partial charge in [0.15, 0.2) is 6.61 Å². The zero-order chi connectivity index (χ0) is 22.4. The van der Waals surface area contributed by atoms with Gasteiger partial charge in [0.1, 0.15) is 0 Å². The van der Waals surface area contributed by atoms with Crippen LogP contribution in [0.1, 0.15) is 44.9 Å². The van der Waals surface area contributed by atoms with E-state index in [4.69, 9.17) is 4.74 Å². The molecule has 3 rings (SSSR count). The normalized spacial score (nSPS) is 13.3. The number of hydrogen-bond acceptors (Lipinski definition) is 5. The maximum Gasteiger partial charge on any atom is 0.339 e. The highest BCUT2D eigenvalue weighted by atomic mass is 32.2. The molecule has 164 valence electrons. The van der Waals surface area contributed by atoms with Crippen LogP contribution in [0.25, 0.3) is 0 Å². The first-order valence-corrected chi connectivity index (χ1v) is 11.4. The van der Waals surface area contributed by atoms with E-state index in [0.29, 0.717) is 22.6 Å². The van der Waals surface area contributed by atoms with Crippen LogP contribution in [0, 0.1) is 13.8 Å². The molecule has 1 aliphatic heterocycles. The third kappa shape index (κ3) is 5.47. The molecule has 0 aliphatic carbocycles. The molecule has 1 aliphatic rings. The highest BCUT2D eigenvalue weighted by Gasteiger charge is 2.21. The molecule has 31 heavy (non-hydrogen) atoms. The Hall–Kier alpha value is -2.80. The van der Waals surface area contributed by atoms with Crippen LogP contribution in [0.3, 0.4) is 0 Å². The van der Waals surface area contributed by atoms with Crippen LogP contribution in [-0.4, -0.2) is 52.6 Å². The smallest absolute Gasteiger partial charge is 0.339 e. The number of rotatable bonds is 9. The quantitative estimate of drug-likeness (QED) is 0.255. The van der Waals surface area contributed by atoms with Gasteiger partial charge in [-0.1, -0.05) is 18.2 Å². The highest BCUT2D eigenvalue weighted by molar-refractivity contribution is 8.00. The lowest BCUT2D eigenvalue weighted by atomic mass is 10.1. The lowest BCUT2D eigenvalue weighted by Gasteiger charge is -2.15. The monoisotopic (exact) mass is 440 g/mol. The SMILES string of the molecule is C=CCn1c(C)cc(C(=O)COC(=O)c2ccccc2SCC(=O)N2CCCC2)c1C. The lowest BCUT2D eigenvalue weighted by Crippen LogP contribution is -2.29. The molecule has 0 saturated carbocycles. The summed E-state index contributed by atoms with van der Waals surface area (Å²) < 4.78 is 7.32. The number of benzene rings is 1. The average molecular weight is 441 g/mol. The number of ether oxygens (including phenoxy) is 1. The number of hydrogen-bond donors (Lipinski definition) is 0. The highest BCUT2D eigenvalue weighted by Crippen LogP contribution is 2.25. The molecule has 0 unspecified atom stereocenters. The first-order chi connectivity index (χ1) is 14.9. The number of amides is 1. The Morgan fingerprint density at radius 1 is 1.13 bits per heavy atom. The molecule has 1 saturated heterocycles. The third-order valence-electron chi connectivity index (χ3n) is 5.44. The van der Waals surface area contributed by atoms with Gasteiger partial charge in [-0.25, -0.2) is 4.79 Å². The molecule has 1 aromatic carbocycles. The van der Waals surface area contributed by atoms with Crippen molar-refractivity contribution in [3.8, 4) is 0 Å². The van der Waals surface area contributed by atoms with E-state index in [1.54, 1.807) is 24.3 Å². The van der Waals surface area contributed by atoms with Crippen molar-refractivity contribution in [1.82, 2.24) is 9.47 Å². The van der Waals surface area contributed by atoms with E-state index >= 15 is 0 Å². The minimum atomic E-state index is -0.565. The maximum absolute atomic E-state index is 12.7. The number of allylic oxidation sites excluding steroid dienone is 1. The van der Waals surface area contributed by atoms with Crippen LogP contribution in [-0.2, 0) is 16.1 Å². The number of ketones is 1. The van der Waals surface area contributed by atoms with E-state index in [1.807, 2.05) is 35.4 Å². The van der Waals surface area contributed by atoms with Gasteiger partial charge in [-0.3, -0.25) is 9.59 Å². The molecule has 0 spiro atoms. The molecule has 2 aromatic rings. The topological polar surface area (TPSA) is 68.6 Å². The summed E-state index contributed by atoms with van der Waals surface area (Å²) in [7, 11) is 0. The molecule has 1 fully saturated rings. The zero-order valence-corrected chi connectivity index (χ0v) is 18.9. The van der Waals surface area contributed by atoms with Crippen molar-refractivity contribution in [2.24, 2.45) is 0 Å². The number of thioether (sulfide) groups is 1. The van der Waals surface area contributed by atoms with Crippen LogP contribution in [0.4, 0.5) is 0 Å². The minimum absolute atomic E-state index is 0.0794. The van der Waals surface area contributed by atoms with Gasteiger partial charge in [0, 0.05) is 41.5 Å². The van der Waals surface area contributed by atoms with Crippen molar-refractivity contribution in [3.05, 3.63) is 65.5 Å². The van der Waals surface area contributed by atoms with E-state index < -0.39 is 5.97 Å². The van der Waals surface area contributed by atoms with Gasteiger partial charge in [-0.15, -0.1) is 18.3 Å². The standard InChI is InChI=1S/C24H28N2O4S/c1-4-11-26-17(2)14-20(18(26)3)21(27)15-30-24(29)19-9-5-6-10-22(19)31-16-23(28)25-12-7-8-13-25/h4-6,9-10,14H,1,7-8,11-13,15-16H2,2-3H3. The van der Waals surface area contributed by atoms with Crippen molar-refractivity contribution in [3.63, 3.8) is 0 Å². The Labute approximate surface area is 187 Å². The molecule has 7 heteroatoms. The van der Waals surface area contributed by atoms with E-state index in [9.17, 15) is 14.4 Å². The number of carbonyl (C=O) groups excluding carboxylic acids is 3. The van der Waals surface area contributed by atoms with Gasteiger partial charge >= 0.3 is 5.97 Å². The Balaban J connectivity index is 1.62. The predicted molar refractivity (Wildman–Crippen MR) is 122 cm³/mol. The Morgan fingerprint density at radius 3 is 2.55 bits per heavy atom. The summed E-state index contributed by atoms with van der Waals surface area (Å²) in [6.07, 6.45) is 3.87. The molecule has 0 bridgehead atoms. The fraction of sp³-hybridized carbons (Fsp3) is 0.375. The van der Waals surface area contributed by atoms with Crippen LogP contribution < -0.4 is 0 Å². The summed E-state index contributed by atoms with van der Waals surface area (Å²) in [5, 5.41) is 0. The lowest BCUT2D eigenvalue weighted by molar-refractivity contribution is -0.127. The number of carbonyl (C=O) groups is 3. The van der Waals surface area contributed by atoms with Crippen molar-refractivity contribution in [2.75, 3.05) is 25.4 Å². The fourth-order valence-corrected chi connectivity index (χ4v) is 4.68. The van der Waals surface area contributed by atoms with Crippen LogP contribution >= 0.6 is 11.8 Å². The summed E-state index contributed by atoms with van der Waals surface area (Å²) >= 11 is 1.32. The second-order valence-electron chi connectivity index (χ2n) is 7.56. The van der Waals surface area contributed by atoms with Crippen molar-refractivity contribution in [2.45, 2.75) is 38.1 Å². The average Bonchev–Trinajstić information content (AvgIpc) is 3.40. The number of nitrogens with zero attached hydrogens (tertiary/aromatic N) is 2. The molecule has 1 aromatic heterocycles. The molecule has 1 amide bonds. The Bertz CT molecular complexity index is 989. The number of aryl methyl sites for hydroxylation is 1. The summed E-state index contributed by atoms with van der Waals surface area (Å²) in [5.41, 5.74) is 2.70. The summed E-state index contributed by atoms with van der Waals surface area (Å²) in [6.45, 7) is 9.43.